The second kappa shape index (κ2) is 10.2. The van der Waals surface area contributed by atoms with Gasteiger partial charge in [-0.1, -0.05) is 44.0 Å². The van der Waals surface area contributed by atoms with Crippen molar-refractivity contribution < 1.29 is 28.6 Å². The first-order valence-corrected chi connectivity index (χ1v) is 8.39. The van der Waals surface area contributed by atoms with Crippen LogP contribution < -0.4 is 14.2 Å². The van der Waals surface area contributed by atoms with Gasteiger partial charge >= 0.3 is 17.9 Å². The third kappa shape index (κ3) is 6.80. The minimum absolute atomic E-state index is 0.190. The second-order valence-corrected chi connectivity index (χ2v) is 5.52. The molecular weight excluding hydrogens is 372 g/mol. The van der Waals surface area contributed by atoms with Crippen LogP contribution >= 0.6 is 0 Å². The highest BCUT2D eigenvalue weighted by molar-refractivity contribution is 5.85. The molecular formula is C23H18O6. The molecule has 0 aliphatic heterocycles. The Kier molecular flexibility index (Phi) is 7.44. The predicted molar refractivity (Wildman–Crippen MR) is 109 cm³/mol. The predicted octanol–water partition coefficient (Wildman–Crippen LogP) is 4.13. The van der Waals surface area contributed by atoms with Crippen LogP contribution in [0.2, 0.25) is 0 Å². The highest BCUT2D eigenvalue weighted by Gasteiger charge is 2.07. The number of carbonyl (C=O) groups is 3. The molecule has 0 bridgehead atoms. The monoisotopic (exact) mass is 390 g/mol. The molecule has 0 aliphatic carbocycles. The molecule has 6 heteroatoms. The number of rotatable bonds is 8. The Morgan fingerprint density at radius 3 is 1.45 bits per heavy atom. The quantitative estimate of drug-likeness (QED) is 0.292. The van der Waals surface area contributed by atoms with E-state index in [0.717, 1.165) is 23.8 Å². The Balaban J connectivity index is 2.24. The van der Waals surface area contributed by atoms with Crippen LogP contribution in [-0.2, 0) is 14.4 Å². The van der Waals surface area contributed by atoms with E-state index < -0.39 is 17.9 Å². The summed E-state index contributed by atoms with van der Waals surface area (Å²) in [7, 11) is 0. The van der Waals surface area contributed by atoms with E-state index >= 15 is 0 Å². The van der Waals surface area contributed by atoms with Gasteiger partial charge in [0.2, 0.25) is 0 Å². The molecule has 0 heterocycles. The van der Waals surface area contributed by atoms with Gasteiger partial charge in [0, 0.05) is 24.3 Å². The molecule has 0 spiro atoms. The number of hydrogen-bond donors (Lipinski definition) is 0. The van der Waals surface area contributed by atoms with Gasteiger partial charge in [0.25, 0.3) is 0 Å². The van der Waals surface area contributed by atoms with Gasteiger partial charge in [0.1, 0.15) is 17.2 Å². The van der Waals surface area contributed by atoms with Gasteiger partial charge < -0.3 is 14.2 Å². The highest BCUT2D eigenvalue weighted by Crippen LogP contribution is 2.25. The fourth-order valence-corrected chi connectivity index (χ4v) is 2.12. The Morgan fingerprint density at radius 2 is 1.00 bits per heavy atom. The third-order valence-corrected chi connectivity index (χ3v) is 3.41. The van der Waals surface area contributed by atoms with Crippen molar-refractivity contribution >= 4 is 30.1 Å². The Morgan fingerprint density at radius 1 is 0.586 bits per heavy atom. The van der Waals surface area contributed by atoms with Crippen LogP contribution in [0.15, 0.2) is 80.4 Å². The standard InChI is InChI=1S/C23H18O6/c1-4-21(24)27-18-11-9-16(10-12-18)7-8-17-13-19(28-22(25)5-2)15-20(14-17)29-23(26)6-3/h4-15H,1-3H2/b8-7+. The Labute approximate surface area is 168 Å². The van der Waals surface area contributed by atoms with Crippen LogP contribution in [-0.4, -0.2) is 17.9 Å². The summed E-state index contributed by atoms with van der Waals surface area (Å²) in [4.78, 5) is 34.1. The SMILES string of the molecule is C=CC(=O)Oc1ccc(/C=C/c2cc(OC(=O)C=C)cc(OC(=O)C=C)c2)cc1. The van der Waals surface area contributed by atoms with Crippen molar-refractivity contribution in [2.45, 2.75) is 0 Å². The van der Waals surface area contributed by atoms with Crippen LogP contribution in [0, 0.1) is 0 Å². The van der Waals surface area contributed by atoms with E-state index in [2.05, 4.69) is 19.7 Å². The topological polar surface area (TPSA) is 78.9 Å². The van der Waals surface area contributed by atoms with Crippen LogP contribution in [0.3, 0.4) is 0 Å². The average Bonchev–Trinajstić information content (AvgIpc) is 2.72. The summed E-state index contributed by atoms with van der Waals surface area (Å²) in [5.74, 6) is -1.05. The highest BCUT2D eigenvalue weighted by atomic mass is 16.5. The fourth-order valence-electron chi connectivity index (χ4n) is 2.12. The maximum atomic E-state index is 11.5. The summed E-state index contributed by atoms with van der Waals surface area (Å²) < 4.78 is 15.2. The molecule has 2 aromatic carbocycles. The van der Waals surface area contributed by atoms with Crippen LogP contribution in [0.4, 0.5) is 0 Å². The summed E-state index contributed by atoms with van der Waals surface area (Å²) in [6.07, 6.45) is 6.65. The zero-order valence-corrected chi connectivity index (χ0v) is 15.5. The lowest BCUT2D eigenvalue weighted by Gasteiger charge is -2.07. The van der Waals surface area contributed by atoms with Crippen molar-refractivity contribution in [1.29, 1.82) is 0 Å². The Hall–Kier alpha value is -4.19. The second-order valence-electron chi connectivity index (χ2n) is 5.52. The van der Waals surface area contributed by atoms with Crippen molar-refractivity contribution in [2.24, 2.45) is 0 Å². The number of benzene rings is 2. The third-order valence-electron chi connectivity index (χ3n) is 3.41. The maximum absolute atomic E-state index is 11.5. The summed E-state index contributed by atoms with van der Waals surface area (Å²) in [5, 5.41) is 0. The van der Waals surface area contributed by atoms with Gasteiger partial charge in [-0.15, -0.1) is 0 Å². The molecule has 0 N–H and O–H groups in total. The molecule has 0 saturated heterocycles. The van der Waals surface area contributed by atoms with Crippen LogP contribution in [0.5, 0.6) is 17.2 Å². The van der Waals surface area contributed by atoms with E-state index in [4.69, 9.17) is 14.2 Å². The van der Waals surface area contributed by atoms with Crippen molar-refractivity contribution in [3.8, 4) is 17.2 Å². The summed E-state index contributed by atoms with van der Waals surface area (Å²) in [5.41, 5.74) is 1.44. The lowest BCUT2D eigenvalue weighted by atomic mass is 10.1. The number of hydrogen-bond acceptors (Lipinski definition) is 6. The van der Waals surface area contributed by atoms with E-state index in [0.29, 0.717) is 11.3 Å². The lowest BCUT2D eigenvalue weighted by Crippen LogP contribution is -2.06. The fraction of sp³-hybridized carbons (Fsp3) is 0. The summed E-state index contributed by atoms with van der Waals surface area (Å²) in [6, 6.07) is 11.4. The first-order valence-electron chi connectivity index (χ1n) is 8.39. The van der Waals surface area contributed by atoms with Gasteiger partial charge in [0.05, 0.1) is 0 Å². The van der Waals surface area contributed by atoms with Crippen molar-refractivity contribution in [3.63, 3.8) is 0 Å². The molecule has 29 heavy (non-hydrogen) atoms. The molecule has 6 nitrogen and oxygen atoms in total. The molecule has 0 saturated carbocycles. The van der Waals surface area contributed by atoms with Crippen molar-refractivity contribution in [1.82, 2.24) is 0 Å². The van der Waals surface area contributed by atoms with E-state index in [-0.39, 0.29) is 11.5 Å². The summed E-state index contributed by atoms with van der Waals surface area (Å²) in [6.45, 7) is 10.0. The van der Waals surface area contributed by atoms with E-state index in [9.17, 15) is 14.4 Å². The first kappa shape index (κ1) is 21.1. The normalized spacial score (nSPS) is 10.1. The van der Waals surface area contributed by atoms with Gasteiger partial charge in [-0.2, -0.15) is 0 Å². The average molecular weight is 390 g/mol. The van der Waals surface area contributed by atoms with Gasteiger partial charge in [0.15, 0.2) is 0 Å². The molecule has 0 aromatic heterocycles. The van der Waals surface area contributed by atoms with Crippen LogP contribution in [0.1, 0.15) is 11.1 Å². The number of esters is 3. The van der Waals surface area contributed by atoms with Crippen molar-refractivity contribution in [3.05, 3.63) is 91.6 Å². The van der Waals surface area contributed by atoms with E-state index in [1.54, 1.807) is 48.6 Å². The molecule has 146 valence electrons. The minimum Gasteiger partial charge on any atom is -0.423 e. The van der Waals surface area contributed by atoms with Gasteiger partial charge in [-0.05, 0) is 35.4 Å². The minimum atomic E-state index is -0.642. The lowest BCUT2D eigenvalue weighted by molar-refractivity contribution is -0.130. The molecule has 0 amide bonds. The zero-order chi connectivity index (χ0) is 21.2. The molecule has 0 fully saturated rings. The number of carbonyl (C=O) groups excluding carboxylic acids is 3. The van der Waals surface area contributed by atoms with Crippen LogP contribution in [0.25, 0.3) is 12.2 Å². The first-order chi connectivity index (χ1) is 13.9. The van der Waals surface area contributed by atoms with Gasteiger partial charge in [-0.3, -0.25) is 0 Å². The maximum Gasteiger partial charge on any atom is 0.335 e. The number of ether oxygens (including phenoxy) is 3. The largest absolute Gasteiger partial charge is 0.423 e. The van der Waals surface area contributed by atoms with Crippen molar-refractivity contribution in [2.75, 3.05) is 0 Å². The zero-order valence-electron chi connectivity index (χ0n) is 15.5. The molecule has 0 unspecified atom stereocenters. The molecule has 0 atom stereocenters. The van der Waals surface area contributed by atoms with E-state index in [1.165, 1.54) is 6.07 Å². The van der Waals surface area contributed by atoms with E-state index in [1.807, 2.05) is 0 Å². The summed E-state index contributed by atoms with van der Waals surface area (Å²) >= 11 is 0. The Bertz CT molecular complexity index is 943. The molecule has 0 aliphatic rings. The molecule has 2 aromatic rings. The van der Waals surface area contributed by atoms with Gasteiger partial charge in [-0.25, -0.2) is 14.4 Å². The molecule has 0 radical (unpaired) electrons. The molecule has 2 rings (SSSR count). The smallest absolute Gasteiger partial charge is 0.335 e.